The van der Waals surface area contributed by atoms with Crippen LogP contribution in [-0.4, -0.2) is 15.0 Å². The fourth-order valence-electron chi connectivity index (χ4n) is 6.27. The number of hydrogen-bond acceptors (Lipinski definition) is 4. The van der Waals surface area contributed by atoms with Crippen molar-refractivity contribution in [3.8, 4) is 73.0 Å². The number of aromatic amines is 1. The van der Waals surface area contributed by atoms with Crippen LogP contribution >= 0.6 is 0 Å². The largest absolute Gasteiger partial charge is 1.00 e. The Hall–Kier alpha value is -6.64. The van der Waals surface area contributed by atoms with Crippen molar-refractivity contribution in [1.82, 2.24) is 15.0 Å². The van der Waals surface area contributed by atoms with Gasteiger partial charge in [-0.25, -0.2) is 15.0 Å². The molecule has 3 heterocycles. The molecule has 5 nitrogen and oxygen atoms in total. The Bertz CT molecular complexity index is 2580. The number of aromatic nitrogens is 4. The third-order valence-electron chi connectivity index (χ3n) is 9.10. The van der Waals surface area contributed by atoms with Gasteiger partial charge in [0, 0.05) is 40.5 Å². The topological polar surface area (TPSA) is 75.9 Å². The van der Waals surface area contributed by atoms with Crippen LogP contribution in [0.15, 0.2) is 201 Å². The van der Waals surface area contributed by atoms with Gasteiger partial charge in [-0.3, -0.25) is 4.98 Å². The van der Waals surface area contributed by atoms with E-state index in [1.54, 1.807) is 24.5 Å². The number of rotatable bonds is 6. The summed E-state index contributed by atoms with van der Waals surface area (Å²) in [7, 11) is 0. The van der Waals surface area contributed by atoms with Crippen molar-refractivity contribution in [3.05, 3.63) is 201 Å². The summed E-state index contributed by atoms with van der Waals surface area (Å²) < 4.78 is 0. The van der Waals surface area contributed by atoms with Crippen LogP contribution in [0.25, 0.3) is 78.2 Å². The minimum Gasteiger partial charge on any atom is -0.868 e. The van der Waals surface area contributed by atoms with E-state index in [9.17, 15) is 5.11 Å². The van der Waals surface area contributed by atoms with Gasteiger partial charge in [0.25, 0.3) is 0 Å². The summed E-state index contributed by atoms with van der Waals surface area (Å²) in [5.74, 6) is 0.754. The molecule has 9 aromatic rings. The van der Waals surface area contributed by atoms with Crippen molar-refractivity contribution >= 4 is 10.9 Å². The van der Waals surface area contributed by atoms with Gasteiger partial charge in [0.15, 0.2) is 12.0 Å². The molecule has 0 radical (unpaired) electrons. The van der Waals surface area contributed by atoms with Crippen LogP contribution in [0.1, 0.15) is 0 Å². The van der Waals surface area contributed by atoms with E-state index in [2.05, 4.69) is 131 Å². The Labute approximate surface area is 326 Å². The Balaban J connectivity index is 0.000000321. The van der Waals surface area contributed by atoms with Crippen LogP contribution in [-0.2, 0) is 0 Å². The smallest absolute Gasteiger partial charge is 0.868 e. The van der Waals surface area contributed by atoms with Gasteiger partial charge in [-0.1, -0.05) is 152 Å². The van der Waals surface area contributed by atoms with E-state index in [-0.39, 0.29) is 24.6 Å². The second-order valence-electron chi connectivity index (χ2n) is 12.6. The van der Waals surface area contributed by atoms with Gasteiger partial charge in [0.05, 0.1) is 11.4 Å². The molecule has 6 heteroatoms. The monoisotopic (exact) mass is 689 g/mol. The van der Waals surface area contributed by atoms with Gasteiger partial charge in [-0.05, 0) is 63.4 Å². The first-order valence-electron chi connectivity index (χ1n) is 17.5. The quantitative estimate of drug-likeness (QED) is 0.169. The molecular weight excluding hydrogens is 655 g/mol. The van der Waals surface area contributed by atoms with Crippen LogP contribution in [0, 0.1) is 0 Å². The first-order chi connectivity index (χ1) is 26.2. The van der Waals surface area contributed by atoms with Crippen LogP contribution in [0.2, 0.25) is 0 Å². The minimum atomic E-state index is 0. The maximum atomic E-state index is 11.1. The normalized spacial score (nSPS) is 10.5. The fraction of sp³-hybridized carbons (Fsp3) is 0. The summed E-state index contributed by atoms with van der Waals surface area (Å²) in [6, 6.07) is 61.5. The zero-order valence-electron chi connectivity index (χ0n) is 29.8. The number of benzene rings is 6. The molecule has 0 saturated heterocycles. The number of para-hydroxylation sites is 1. The molecular formula is C48H34LiN4O+. The molecule has 9 rings (SSSR count). The van der Waals surface area contributed by atoms with Crippen molar-refractivity contribution in [1.29, 1.82) is 0 Å². The number of nitrogens with zero attached hydrogens (tertiary/aromatic N) is 3. The van der Waals surface area contributed by atoms with Crippen LogP contribution in [0.3, 0.4) is 0 Å². The molecule has 0 aliphatic rings. The maximum absolute atomic E-state index is 11.1. The maximum Gasteiger partial charge on any atom is 1.00 e. The van der Waals surface area contributed by atoms with E-state index in [1.807, 2.05) is 54.7 Å². The number of nitrogens with one attached hydrogen (secondary N) is 1. The van der Waals surface area contributed by atoms with E-state index in [1.165, 1.54) is 16.7 Å². The van der Waals surface area contributed by atoms with Crippen molar-refractivity contribution in [2.75, 3.05) is 0 Å². The van der Waals surface area contributed by atoms with Crippen LogP contribution < -0.4 is 29.0 Å². The van der Waals surface area contributed by atoms with Gasteiger partial charge in [-0.15, -0.1) is 0 Å². The summed E-state index contributed by atoms with van der Waals surface area (Å²) in [5.41, 5.74) is 12.5. The van der Waals surface area contributed by atoms with E-state index < -0.39 is 0 Å². The van der Waals surface area contributed by atoms with Gasteiger partial charge >= 0.3 is 18.9 Å². The molecule has 3 aromatic heterocycles. The number of H-pyrrole nitrogens is 1. The summed E-state index contributed by atoms with van der Waals surface area (Å²) in [5, 5.41) is 12.1. The van der Waals surface area contributed by atoms with E-state index in [0.717, 1.165) is 50.2 Å². The standard InChI is InChI=1S/C39H27N3.C9H7NO.Li/c1-3-8-28(9-4-1)29-19-23-35(24-20-29)39-41-37(33-10-5-2-6-11-33)26-38(42-39)34-21-17-31(18-22-34)30-13-15-32(16-14-30)36-12-7-25-40-27-36;11-8-5-1-3-7-4-2-6-10-9(7)8;/h1-27H;1-6,11H;/q;;+1. The van der Waals surface area contributed by atoms with E-state index in [0.29, 0.717) is 11.3 Å². The van der Waals surface area contributed by atoms with Crippen molar-refractivity contribution in [3.63, 3.8) is 0 Å². The summed E-state index contributed by atoms with van der Waals surface area (Å²) in [6.45, 7) is 0. The molecule has 1 N–H and O–H groups in total. The van der Waals surface area contributed by atoms with Crippen LogP contribution in [0.4, 0.5) is 0 Å². The minimum absolute atomic E-state index is 0. The molecule has 252 valence electrons. The molecule has 54 heavy (non-hydrogen) atoms. The van der Waals surface area contributed by atoms with Gasteiger partial charge in [0.1, 0.15) is 0 Å². The van der Waals surface area contributed by atoms with Gasteiger partial charge in [0.2, 0.25) is 5.52 Å². The number of fused-ring (bicyclic) bond motifs is 1. The van der Waals surface area contributed by atoms with Crippen molar-refractivity contribution in [2.24, 2.45) is 0 Å². The third-order valence-corrected chi connectivity index (χ3v) is 9.10. The van der Waals surface area contributed by atoms with Crippen molar-refractivity contribution in [2.45, 2.75) is 0 Å². The SMILES string of the molecule is [Li+].[O-]c1cccc2ccc[nH+]c12.c1ccc(-c2ccc(-c3nc(-c4ccccc4)cc(-c4ccc(-c5ccc(-c6cccnc6)cc5)cc4)n3)cc2)cc1. The predicted molar refractivity (Wildman–Crippen MR) is 212 cm³/mol. The molecule has 0 aliphatic heterocycles. The Morgan fingerprint density at radius 1 is 0.407 bits per heavy atom. The first-order valence-corrected chi connectivity index (χ1v) is 17.5. The second kappa shape index (κ2) is 16.8. The third kappa shape index (κ3) is 8.19. The van der Waals surface area contributed by atoms with E-state index in [4.69, 9.17) is 9.97 Å². The molecule has 0 spiro atoms. The molecule has 6 aromatic carbocycles. The van der Waals surface area contributed by atoms with Crippen LogP contribution in [0.5, 0.6) is 5.75 Å². The molecule has 0 saturated carbocycles. The predicted octanol–water partition coefficient (Wildman–Crippen LogP) is 7.61. The zero-order valence-corrected chi connectivity index (χ0v) is 29.8. The molecule has 0 unspecified atom stereocenters. The molecule has 0 amide bonds. The molecule has 0 aliphatic carbocycles. The summed E-state index contributed by atoms with van der Waals surface area (Å²) >= 11 is 0. The van der Waals surface area contributed by atoms with E-state index >= 15 is 0 Å². The first kappa shape index (κ1) is 35.7. The summed E-state index contributed by atoms with van der Waals surface area (Å²) in [6.07, 6.45) is 5.44. The Morgan fingerprint density at radius 2 is 0.870 bits per heavy atom. The number of hydrogen-bond donors (Lipinski definition) is 0. The number of pyridine rings is 2. The Kier molecular flexibility index (Phi) is 11.1. The Morgan fingerprint density at radius 3 is 1.43 bits per heavy atom. The molecule has 0 fully saturated rings. The fourth-order valence-corrected chi connectivity index (χ4v) is 6.27. The zero-order chi connectivity index (χ0) is 35.8. The van der Waals surface area contributed by atoms with Gasteiger partial charge in [-0.2, -0.15) is 0 Å². The summed E-state index contributed by atoms with van der Waals surface area (Å²) in [4.78, 5) is 17.2. The van der Waals surface area contributed by atoms with Crippen molar-refractivity contribution < 1.29 is 29.0 Å². The molecule has 0 bridgehead atoms. The second-order valence-corrected chi connectivity index (χ2v) is 12.6. The average molecular weight is 690 g/mol. The average Bonchev–Trinajstić information content (AvgIpc) is 3.25. The van der Waals surface area contributed by atoms with Gasteiger partial charge < -0.3 is 5.11 Å². The molecule has 0 atom stereocenters.